The van der Waals surface area contributed by atoms with Crippen molar-refractivity contribution in [3.8, 4) is 0 Å². The van der Waals surface area contributed by atoms with E-state index in [1.54, 1.807) is 13.2 Å². The summed E-state index contributed by atoms with van der Waals surface area (Å²) in [4.78, 5) is 30.4. The average Bonchev–Trinajstić information content (AvgIpc) is 3.28. The third-order valence-corrected chi connectivity index (χ3v) is 6.46. The highest BCUT2D eigenvalue weighted by atomic mass is 32.1. The molecule has 156 valence electrons. The fourth-order valence-corrected chi connectivity index (χ4v) is 5.23. The van der Waals surface area contributed by atoms with Crippen molar-refractivity contribution < 1.29 is 19.1 Å². The molecule has 2 aliphatic heterocycles. The number of hydrogen-bond donors (Lipinski definition) is 2. The Morgan fingerprint density at radius 2 is 2.28 bits per heavy atom. The Hall–Kier alpha value is -2.07. The van der Waals surface area contributed by atoms with Gasteiger partial charge in [-0.25, -0.2) is 4.98 Å². The minimum atomic E-state index is -0.288. The number of carbonyl (C=O) groups is 2. The largest absolute Gasteiger partial charge is 0.378 e. The number of ether oxygens (including phenoxy) is 2. The molecule has 4 rings (SSSR count). The molecule has 2 amide bonds. The van der Waals surface area contributed by atoms with Gasteiger partial charge in [0.05, 0.1) is 22.9 Å². The van der Waals surface area contributed by atoms with Gasteiger partial charge in [-0.2, -0.15) is 0 Å². The molecule has 2 unspecified atom stereocenters. The van der Waals surface area contributed by atoms with Gasteiger partial charge in [-0.05, 0) is 37.5 Å². The molecule has 2 fully saturated rings. The van der Waals surface area contributed by atoms with Gasteiger partial charge >= 0.3 is 0 Å². The first kappa shape index (κ1) is 20.2. The van der Waals surface area contributed by atoms with Gasteiger partial charge in [0, 0.05) is 39.4 Å². The second-order valence-electron chi connectivity index (χ2n) is 7.67. The van der Waals surface area contributed by atoms with Crippen LogP contribution in [0.2, 0.25) is 0 Å². The molecule has 2 aromatic rings. The number of benzene rings is 1. The zero-order valence-corrected chi connectivity index (χ0v) is 17.5. The SMILES string of the molecule is COC1CCN(CC(=O)Nc2nc3ccc(NC(C)=O)cc3s2)CC12CCCO2. The van der Waals surface area contributed by atoms with Crippen molar-refractivity contribution in [3.05, 3.63) is 18.2 Å². The van der Waals surface area contributed by atoms with Crippen LogP contribution in [0.3, 0.4) is 0 Å². The number of piperidine rings is 1. The van der Waals surface area contributed by atoms with Crippen molar-refractivity contribution in [2.24, 2.45) is 0 Å². The number of rotatable bonds is 5. The van der Waals surface area contributed by atoms with Gasteiger partial charge in [0.1, 0.15) is 5.60 Å². The Kier molecular flexibility index (Phi) is 5.82. The van der Waals surface area contributed by atoms with E-state index in [0.29, 0.717) is 18.2 Å². The zero-order chi connectivity index (χ0) is 20.4. The predicted molar refractivity (Wildman–Crippen MR) is 112 cm³/mol. The predicted octanol–water partition coefficient (Wildman–Crippen LogP) is 2.46. The molecule has 1 aromatic heterocycles. The summed E-state index contributed by atoms with van der Waals surface area (Å²) in [5.41, 5.74) is 1.22. The van der Waals surface area contributed by atoms with Gasteiger partial charge in [-0.1, -0.05) is 11.3 Å². The number of thiazole rings is 1. The molecule has 2 aliphatic rings. The number of fused-ring (bicyclic) bond motifs is 1. The Bertz CT molecular complexity index is 909. The van der Waals surface area contributed by atoms with Crippen LogP contribution in [0.4, 0.5) is 10.8 Å². The molecule has 29 heavy (non-hydrogen) atoms. The van der Waals surface area contributed by atoms with E-state index in [0.717, 1.165) is 48.3 Å². The highest BCUT2D eigenvalue weighted by molar-refractivity contribution is 7.22. The van der Waals surface area contributed by atoms with Crippen LogP contribution >= 0.6 is 11.3 Å². The quantitative estimate of drug-likeness (QED) is 0.775. The van der Waals surface area contributed by atoms with E-state index in [1.807, 2.05) is 12.1 Å². The molecule has 0 radical (unpaired) electrons. The number of likely N-dealkylation sites (tertiary alicyclic amines) is 1. The highest BCUT2D eigenvalue weighted by Gasteiger charge is 2.47. The lowest BCUT2D eigenvalue weighted by atomic mass is 9.87. The van der Waals surface area contributed by atoms with Crippen LogP contribution in [-0.4, -0.2) is 66.8 Å². The Labute approximate surface area is 173 Å². The minimum Gasteiger partial charge on any atom is -0.378 e. The molecule has 2 N–H and O–H groups in total. The van der Waals surface area contributed by atoms with Crippen LogP contribution in [0, 0.1) is 0 Å². The lowest BCUT2D eigenvalue weighted by molar-refractivity contribution is -0.146. The van der Waals surface area contributed by atoms with Gasteiger partial charge in [-0.3, -0.25) is 14.5 Å². The topological polar surface area (TPSA) is 92.8 Å². The summed E-state index contributed by atoms with van der Waals surface area (Å²) in [6.45, 7) is 4.04. The smallest absolute Gasteiger partial charge is 0.240 e. The maximum atomic E-state index is 12.6. The van der Waals surface area contributed by atoms with Crippen molar-refractivity contribution >= 4 is 44.2 Å². The first-order valence-corrected chi connectivity index (χ1v) is 10.7. The second kappa shape index (κ2) is 8.35. The number of amides is 2. The molecule has 1 aromatic carbocycles. The fourth-order valence-electron chi connectivity index (χ4n) is 4.31. The van der Waals surface area contributed by atoms with E-state index in [2.05, 4.69) is 20.5 Å². The summed E-state index contributed by atoms with van der Waals surface area (Å²) in [7, 11) is 1.74. The van der Waals surface area contributed by atoms with Gasteiger partial charge in [-0.15, -0.1) is 0 Å². The standard InChI is InChI=1S/C20H26N4O4S/c1-13(25)21-14-4-5-15-16(10-14)29-19(22-15)23-18(26)11-24-8-6-17(27-2)20(12-24)7-3-9-28-20/h4-5,10,17H,3,6-9,11-12H2,1-2H3,(H,21,25)(H,22,23,26). The van der Waals surface area contributed by atoms with E-state index in [-0.39, 0.29) is 23.5 Å². The van der Waals surface area contributed by atoms with Gasteiger partial charge in [0.25, 0.3) is 0 Å². The number of anilines is 2. The zero-order valence-electron chi connectivity index (χ0n) is 16.7. The Morgan fingerprint density at radius 3 is 3.00 bits per heavy atom. The molecule has 0 aliphatic carbocycles. The normalized spacial score (nSPS) is 24.8. The van der Waals surface area contributed by atoms with Crippen LogP contribution in [0.25, 0.3) is 10.2 Å². The first-order chi connectivity index (χ1) is 14.0. The lowest BCUT2D eigenvalue weighted by Crippen LogP contribution is -2.58. The van der Waals surface area contributed by atoms with Crippen molar-refractivity contribution in [1.82, 2.24) is 9.88 Å². The Balaban J connectivity index is 1.39. The van der Waals surface area contributed by atoms with E-state index >= 15 is 0 Å². The molecule has 9 heteroatoms. The summed E-state index contributed by atoms with van der Waals surface area (Å²) in [5.74, 6) is -0.209. The number of hydrogen-bond acceptors (Lipinski definition) is 7. The number of methoxy groups -OCH3 is 1. The summed E-state index contributed by atoms with van der Waals surface area (Å²) in [6.07, 6.45) is 2.95. The third kappa shape index (κ3) is 4.42. The Morgan fingerprint density at radius 1 is 1.41 bits per heavy atom. The van der Waals surface area contributed by atoms with Crippen molar-refractivity contribution in [2.45, 2.75) is 37.9 Å². The molecule has 1 spiro atoms. The lowest BCUT2D eigenvalue weighted by Gasteiger charge is -2.44. The highest BCUT2D eigenvalue weighted by Crippen LogP contribution is 2.36. The molecular weight excluding hydrogens is 392 g/mol. The number of nitrogens with zero attached hydrogens (tertiary/aromatic N) is 2. The van der Waals surface area contributed by atoms with Crippen LogP contribution in [0.1, 0.15) is 26.2 Å². The molecule has 8 nitrogen and oxygen atoms in total. The van der Waals surface area contributed by atoms with E-state index in [9.17, 15) is 9.59 Å². The van der Waals surface area contributed by atoms with Crippen LogP contribution in [0.15, 0.2) is 18.2 Å². The second-order valence-corrected chi connectivity index (χ2v) is 8.70. The summed E-state index contributed by atoms with van der Waals surface area (Å²) in [6, 6.07) is 5.50. The van der Waals surface area contributed by atoms with Gasteiger partial charge < -0.3 is 20.1 Å². The van der Waals surface area contributed by atoms with Crippen molar-refractivity contribution in [1.29, 1.82) is 0 Å². The molecular formula is C20H26N4O4S. The van der Waals surface area contributed by atoms with Crippen LogP contribution in [0.5, 0.6) is 0 Å². The number of carbonyl (C=O) groups excluding carboxylic acids is 2. The van der Waals surface area contributed by atoms with E-state index in [4.69, 9.17) is 9.47 Å². The van der Waals surface area contributed by atoms with Crippen molar-refractivity contribution in [3.63, 3.8) is 0 Å². The monoisotopic (exact) mass is 418 g/mol. The van der Waals surface area contributed by atoms with Crippen LogP contribution < -0.4 is 10.6 Å². The molecule has 2 saturated heterocycles. The summed E-state index contributed by atoms with van der Waals surface area (Å²) < 4.78 is 12.6. The molecule has 0 bridgehead atoms. The molecule has 0 saturated carbocycles. The van der Waals surface area contributed by atoms with E-state index in [1.165, 1.54) is 18.3 Å². The average molecular weight is 419 g/mol. The number of aromatic nitrogens is 1. The summed E-state index contributed by atoms with van der Waals surface area (Å²) in [5, 5.41) is 6.23. The number of nitrogens with one attached hydrogen (secondary N) is 2. The van der Waals surface area contributed by atoms with E-state index < -0.39 is 0 Å². The maximum absolute atomic E-state index is 12.6. The third-order valence-electron chi connectivity index (χ3n) is 5.53. The minimum absolute atomic E-state index is 0.0878. The maximum Gasteiger partial charge on any atom is 0.240 e. The van der Waals surface area contributed by atoms with Gasteiger partial charge in [0.15, 0.2) is 5.13 Å². The van der Waals surface area contributed by atoms with Crippen LogP contribution in [-0.2, 0) is 19.1 Å². The van der Waals surface area contributed by atoms with Gasteiger partial charge in [0.2, 0.25) is 11.8 Å². The molecule has 2 atom stereocenters. The summed E-state index contributed by atoms with van der Waals surface area (Å²) >= 11 is 1.39. The first-order valence-electron chi connectivity index (χ1n) is 9.84. The fraction of sp³-hybridized carbons (Fsp3) is 0.550. The van der Waals surface area contributed by atoms with Crippen molar-refractivity contribution in [2.75, 3.05) is 44.0 Å². The molecule has 3 heterocycles.